The van der Waals surface area contributed by atoms with Gasteiger partial charge in [0, 0.05) is 17.3 Å². The van der Waals surface area contributed by atoms with E-state index in [0.29, 0.717) is 12.4 Å². The van der Waals surface area contributed by atoms with Crippen molar-refractivity contribution in [2.75, 3.05) is 18.4 Å². The fourth-order valence-corrected chi connectivity index (χ4v) is 1.65. The molecule has 94 valence electrons. The molecule has 0 fully saturated rings. The van der Waals surface area contributed by atoms with Gasteiger partial charge in [-0.25, -0.2) is 0 Å². The highest BCUT2D eigenvalue weighted by Gasteiger charge is 2.04. The lowest BCUT2D eigenvalue weighted by Gasteiger charge is -2.07. The number of carbonyl (C=O) groups is 1. The van der Waals surface area contributed by atoms with Crippen LogP contribution in [0.2, 0.25) is 0 Å². The number of fused-ring (bicyclic) bond motifs is 1. The minimum Gasteiger partial charge on any atom is -0.359 e. The number of rotatable bonds is 5. The molecule has 0 aliphatic carbocycles. The minimum absolute atomic E-state index is 0.0356. The second-order valence-electron chi connectivity index (χ2n) is 3.98. The van der Waals surface area contributed by atoms with Gasteiger partial charge in [0.1, 0.15) is 0 Å². The van der Waals surface area contributed by atoms with Crippen LogP contribution in [0.4, 0.5) is 5.82 Å². The Bertz CT molecular complexity index is 536. The van der Waals surface area contributed by atoms with Crippen molar-refractivity contribution in [3.05, 3.63) is 30.5 Å². The van der Waals surface area contributed by atoms with E-state index in [-0.39, 0.29) is 12.5 Å². The van der Waals surface area contributed by atoms with Crippen LogP contribution in [0.1, 0.15) is 13.3 Å². The molecule has 0 saturated carbocycles. The highest BCUT2D eigenvalue weighted by Crippen LogP contribution is 2.18. The van der Waals surface area contributed by atoms with E-state index in [1.165, 1.54) is 0 Å². The summed E-state index contributed by atoms with van der Waals surface area (Å²) in [6.07, 6.45) is 2.64. The largest absolute Gasteiger partial charge is 0.359 e. The molecule has 1 heterocycles. The van der Waals surface area contributed by atoms with Crippen molar-refractivity contribution in [2.24, 2.45) is 0 Å². The van der Waals surface area contributed by atoms with E-state index in [2.05, 4.69) is 20.8 Å². The number of amides is 1. The van der Waals surface area contributed by atoms with Gasteiger partial charge in [0.05, 0.1) is 12.7 Å². The van der Waals surface area contributed by atoms with Crippen LogP contribution in [-0.2, 0) is 4.79 Å². The highest BCUT2D eigenvalue weighted by molar-refractivity contribution is 5.92. The smallest absolute Gasteiger partial charge is 0.239 e. The molecule has 2 N–H and O–H groups in total. The fraction of sp³-hybridized carbons (Fsp3) is 0.308. The van der Waals surface area contributed by atoms with Crippen molar-refractivity contribution in [1.82, 2.24) is 15.5 Å². The first-order valence-corrected chi connectivity index (χ1v) is 6.02. The van der Waals surface area contributed by atoms with Crippen LogP contribution in [0.5, 0.6) is 0 Å². The van der Waals surface area contributed by atoms with E-state index in [0.717, 1.165) is 17.2 Å². The zero-order chi connectivity index (χ0) is 12.8. The Balaban J connectivity index is 2.05. The Hall–Kier alpha value is -2.17. The SMILES string of the molecule is CCCNC(=O)CNc1nncc2ccccc12. The number of aromatic nitrogens is 2. The molecule has 0 aliphatic rings. The number of nitrogens with zero attached hydrogens (tertiary/aromatic N) is 2. The van der Waals surface area contributed by atoms with Gasteiger partial charge in [0.2, 0.25) is 5.91 Å². The predicted molar refractivity (Wildman–Crippen MR) is 71.3 cm³/mol. The molecule has 0 spiro atoms. The molecule has 0 radical (unpaired) electrons. The molecule has 18 heavy (non-hydrogen) atoms. The van der Waals surface area contributed by atoms with Crippen LogP contribution in [0.3, 0.4) is 0 Å². The summed E-state index contributed by atoms with van der Waals surface area (Å²) in [5.74, 6) is 0.603. The molecule has 5 heteroatoms. The zero-order valence-electron chi connectivity index (χ0n) is 10.3. The van der Waals surface area contributed by atoms with Gasteiger partial charge in [0.25, 0.3) is 0 Å². The third-order valence-corrected chi connectivity index (χ3v) is 2.56. The first-order valence-electron chi connectivity index (χ1n) is 6.02. The molecule has 0 bridgehead atoms. The van der Waals surface area contributed by atoms with Crippen molar-refractivity contribution in [1.29, 1.82) is 0 Å². The van der Waals surface area contributed by atoms with E-state index in [4.69, 9.17) is 0 Å². The third kappa shape index (κ3) is 2.94. The van der Waals surface area contributed by atoms with Crippen LogP contribution in [0.15, 0.2) is 30.5 Å². The Kier molecular flexibility index (Phi) is 4.06. The maximum atomic E-state index is 11.5. The van der Waals surface area contributed by atoms with Crippen molar-refractivity contribution < 1.29 is 4.79 Å². The summed E-state index contributed by atoms with van der Waals surface area (Å²) in [4.78, 5) is 11.5. The molecular formula is C13H16N4O. The molecule has 2 rings (SSSR count). The summed E-state index contributed by atoms with van der Waals surface area (Å²) in [7, 11) is 0. The first kappa shape index (κ1) is 12.3. The molecule has 0 unspecified atom stereocenters. The molecule has 1 amide bonds. The number of nitrogens with one attached hydrogen (secondary N) is 2. The topological polar surface area (TPSA) is 66.9 Å². The average molecular weight is 244 g/mol. The van der Waals surface area contributed by atoms with Crippen LogP contribution in [-0.4, -0.2) is 29.2 Å². The highest BCUT2D eigenvalue weighted by atomic mass is 16.1. The second kappa shape index (κ2) is 5.95. The zero-order valence-corrected chi connectivity index (χ0v) is 10.3. The van der Waals surface area contributed by atoms with Crippen LogP contribution < -0.4 is 10.6 Å². The number of hydrogen-bond donors (Lipinski definition) is 2. The van der Waals surface area contributed by atoms with Gasteiger partial charge in [0.15, 0.2) is 5.82 Å². The Morgan fingerprint density at radius 1 is 1.33 bits per heavy atom. The maximum Gasteiger partial charge on any atom is 0.239 e. The van der Waals surface area contributed by atoms with Crippen LogP contribution in [0.25, 0.3) is 10.8 Å². The quantitative estimate of drug-likeness (QED) is 0.837. The van der Waals surface area contributed by atoms with Crippen LogP contribution in [0, 0.1) is 0 Å². The number of hydrogen-bond acceptors (Lipinski definition) is 4. The normalized spacial score (nSPS) is 10.3. The maximum absolute atomic E-state index is 11.5. The fourth-order valence-electron chi connectivity index (χ4n) is 1.65. The monoisotopic (exact) mass is 244 g/mol. The predicted octanol–water partition coefficient (Wildman–Crippen LogP) is 1.57. The summed E-state index contributed by atoms with van der Waals surface area (Å²) < 4.78 is 0. The minimum atomic E-state index is -0.0356. The number of carbonyl (C=O) groups excluding carboxylic acids is 1. The third-order valence-electron chi connectivity index (χ3n) is 2.56. The lowest BCUT2D eigenvalue weighted by Crippen LogP contribution is -2.30. The summed E-state index contributed by atoms with van der Waals surface area (Å²) in [6.45, 7) is 2.92. The molecule has 2 aromatic rings. The lowest BCUT2D eigenvalue weighted by atomic mass is 10.2. The molecule has 0 atom stereocenters. The van der Waals surface area contributed by atoms with Crippen LogP contribution >= 0.6 is 0 Å². The van der Waals surface area contributed by atoms with Gasteiger partial charge in [-0.15, -0.1) is 5.10 Å². The van der Waals surface area contributed by atoms with E-state index < -0.39 is 0 Å². The average Bonchev–Trinajstić information content (AvgIpc) is 2.42. The number of benzene rings is 1. The molecule has 0 aliphatic heterocycles. The molecule has 1 aromatic heterocycles. The van der Waals surface area contributed by atoms with Gasteiger partial charge in [-0.1, -0.05) is 31.2 Å². The molecular weight excluding hydrogens is 228 g/mol. The molecule has 0 saturated heterocycles. The second-order valence-corrected chi connectivity index (χ2v) is 3.98. The van der Waals surface area contributed by atoms with Gasteiger partial charge in [-0.2, -0.15) is 5.10 Å². The Morgan fingerprint density at radius 2 is 2.17 bits per heavy atom. The summed E-state index contributed by atoms with van der Waals surface area (Å²) in [5, 5.41) is 15.7. The van der Waals surface area contributed by atoms with Crippen molar-refractivity contribution in [3.8, 4) is 0 Å². The van der Waals surface area contributed by atoms with E-state index in [9.17, 15) is 4.79 Å². The van der Waals surface area contributed by atoms with E-state index >= 15 is 0 Å². The first-order chi connectivity index (χ1) is 8.81. The summed E-state index contributed by atoms with van der Waals surface area (Å²) >= 11 is 0. The Morgan fingerprint density at radius 3 is 3.00 bits per heavy atom. The standard InChI is InChI=1S/C13H16N4O/c1-2-7-14-12(18)9-15-13-11-6-4-3-5-10(11)8-16-17-13/h3-6,8H,2,7,9H2,1H3,(H,14,18)(H,15,17). The van der Waals surface area contributed by atoms with Gasteiger partial charge >= 0.3 is 0 Å². The van der Waals surface area contributed by atoms with Crippen molar-refractivity contribution in [3.63, 3.8) is 0 Å². The van der Waals surface area contributed by atoms with Crippen molar-refractivity contribution in [2.45, 2.75) is 13.3 Å². The summed E-state index contributed by atoms with van der Waals surface area (Å²) in [5.41, 5.74) is 0. The van der Waals surface area contributed by atoms with Crippen molar-refractivity contribution >= 4 is 22.5 Å². The molecule has 1 aromatic carbocycles. The Labute approximate surface area is 106 Å². The molecule has 5 nitrogen and oxygen atoms in total. The lowest BCUT2D eigenvalue weighted by molar-refractivity contribution is -0.119. The van der Waals surface area contributed by atoms with Gasteiger partial charge < -0.3 is 10.6 Å². The van der Waals surface area contributed by atoms with E-state index in [1.54, 1.807) is 6.20 Å². The number of anilines is 1. The van der Waals surface area contributed by atoms with E-state index in [1.807, 2.05) is 31.2 Å². The van der Waals surface area contributed by atoms with Gasteiger partial charge in [-0.05, 0) is 6.42 Å². The van der Waals surface area contributed by atoms with Gasteiger partial charge in [-0.3, -0.25) is 4.79 Å². The summed E-state index contributed by atoms with van der Waals surface area (Å²) in [6, 6.07) is 7.80.